The van der Waals surface area contributed by atoms with Crippen LogP contribution in [0.1, 0.15) is 46.8 Å². The zero-order valence-electron chi connectivity index (χ0n) is 24.0. The van der Waals surface area contributed by atoms with Gasteiger partial charge in [0.05, 0.1) is 6.54 Å². The van der Waals surface area contributed by atoms with Crippen LogP contribution in [0.15, 0.2) is 103 Å². The van der Waals surface area contributed by atoms with Crippen LogP contribution in [0.2, 0.25) is 0 Å². The predicted molar refractivity (Wildman–Crippen MR) is 165 cm³/mol. The number of hydrogen-bond acceptors (Lipinski definition) is 5. The van der Waals surface area contributed by atoms with E-state index in [9.17, 15) is 19.5 Å². The lowest BCUT2D eigenvalue weighted by atomic mass is 10.00. The smallest absolute Gasteiger partial charge is 0.326 e. The quantitative estimate of drug-likeness (QED) is 0.169. The van der Waals surface area contributed by atoms with Crippen LogP contribution < -0.4 is 15.0 Å². The Bertz CT molecular complexity index is 1500. The molecule has 0 aliphatic rings. The largest absolute Gasteiger partial charge is 0.492 e. The van der Waals surface area contributed by atoms with Gasteiger partial charge in [0.2, 0.25) is 5.91 Å². The Morgan fingerprint density at radius 2 is 1.60 bits per heavy atom. The maximum atomic E-state index is 13.1. The van der Waals surface area contributed by atoms with Crippen LogP contribution >= 0.6 is 0 Å². The summed E-state index contributed by atoms with van der Waals surface area (Å²) >= 11 is 0. The highest BCUT2D eigenvalue weighted by Gasteiger charge is 2.21. The SMILES string of the molecule is CCCC(=O)N(CCOc1ccc(C[C@H](Nc2ccccc2C(=O)c2ccccc2)C(=O)O)cc1)c1cccc(C)c1. The first-order valence-electron chi connectivity index (χ1n) is 14.1. The van der Waals surface area contributed by atoms with Crippen molar-refractivity contribution in [3.8, 4) is 5.75 Å². The Morgan fingerprint density at radius 1 is 0.881 bits per heavy atom. The topological polar surface area (TPSA) is 95.9 Å². The molecule has 0 spiro atoms. The number of nitrogens with one attached hydrogen (secondary N) is 1. The van der Waals surface area contributed by atoms with E-state index in [-0.39, 0.29) is 18.1 Å². The van der Waals surface area contributed by atoms with Gasteiger partial charge in [0.15, 0.2) is 5.78 Å². The number of rotatable bonds is 14. The number of carbonyl (C=O) groups is 3. The van der Waals surface area contributed by atoms with Crippen molar-refractivity contribution in [1.29, 1.82) is 0 Å². The van der Waals surface area contributed by atoms with Crippen molar-refractivity contribution in [1.82, 2.24) is 0 Å². The molecule has 7 heteroatoms. The number of amides is 1. The van der Waals surface area contributed by atoms with Gasteiger partial charge in [-0.3, -0.25) is 9.59 Å². The number of carboxylic acids is 1. The van der Waals surface area contributed by atoms with E-state index in [0.717, 1.165) is 23.2 Å². The molecule has 42 heavy (non-hydrogen) atoms. The lowest BCUT2D eigenvalue weighted by molar-refractivity contribution is -0.137. The van der Waals surface area contributed by atoms with Crippen LogP contribution in [-0.4, -0.2) is 42.0 Å². The molecule has 0 aliphatic carbocycles. The molecule has 1 atom stereocenters. The van der Waals surface area contributed by atoms with E-state index in [1.54, 1.807) is 65.6 Å². The second-order valence-corrected chi connectivity index (χ2v) is 10.1. The zero-order chi connectivity index (χ0) is 29.9. The maximum Gasteiger partial charge on any atom is 0.326 e. The lowest BCUT2D eigenvalue weighted by Gasteiger charge is -2.23. The van der Waals surface area contributed by atoms with Gasteiger partial charge in [-0.2, -0.15) is 0 Å². The third-order valence-electron chi connectivity index (χ3n) is 6.86. The average molecular weight is 565 g/mol. The van der Waals surface area contributed by atoms with Crippen molar-refractivity contribution in [3.63, 3.8) is 0 Å². The molecule has 0 saturated heterocycles. The van der Waals surface area contributed by atoms with Gasteiger partial charge in [0.1, 0.15) is 18.4 Å². The molecule has 4 aromatic carbocycles. The third-order valence-corrected chi connectivity index (χ3v) is 6.86. The number of aryl methyl sites for hydroxylation is 1. The highest BCUT2D eigenvalue weighted by molar-refractivity contribution is 6.12. The Hall–Kier alpha value is -4.91. The average Bonchev–Trinajstić information content (AvgIpc) is 3.00. The molecule has 0 unspecified atom stereocenters. The molecular formula is C35H36N2O5. The first-order chi connectivity index (χ1) is 20.4. The minimum absolute atomic E-state index is 0.0568. The van der Waals surface area contributed by atoms with Crippen LogP contribution in [0.25, 0.3) is 0 Å². The first-order valence-corrected chi connectivity index (χ1v) is 14.1. The number of ether oxygens (including phenoxy) is 1. The molecule has 0 heterocycles. The molecule has 0 radical (unpaired) electrons. The maximum absolute atomic E-state index is 13.1. The summed E-state index contributed by atoms with van der Waals surface area (Å²) in [4.78, 5) is 39.8. The normalized spacial score (nSPS) is 11.4. The van der Waals surface area contributed by atoms with E-state index < -0.39 is 12.0 Å². The fourth-order valence-corrected chi connectivity index (χ4v) is 4.69. The van der Waals surface area contributed by atoms with Gasteiger partial charge in [-0.05, 0) is 60.9 Å². The van der Waals surface area contributed by atoms with Crippen molar-refractivity contribution >= 4 is 29.0 Å². The Kier molecular flexibility index (Phi) is 10.5. The summed E-state index contributed by atoms with van der Waals surface area (Å²) in [6.07, 6.45) is 1.44. The Morgan fingerprint density at radius 3 is 2.29 bits per heavy atom. The van der Waals surface area contributed by atoms with E-state index in [2.05, 4.69) is 5.32 Å². The number of anilines is 2. The van der Waals surface area contributed by atoms with Gasteiger partial charge in [-0.25, -0.2) is 4.79 Å². The number of hydrogen-bond donors (Lipinski definition) is 2. The standard InChI is InChI=1S/C35H36N2O5/c1-3-10-33(38)37(28-14-9-11-25(2)23-28)21-22-42-29-19-17-26(18-20-29)24-32(35(40)41)36-31-16-8-7-15-30(31)34(39)27-12-5-4-6-13-27/h4-9,11-20,23,32,36H,3,10,21-22,24H2,1-2H3,(H,40,41)/t32-/m0/s1. The summed E-state index contributed by atoms with van der Waals surface area (Å²) in [5.41, 5.74) is 4.15. The number of benzene rings is 4. The molecular weight excluding hydrogens is 528 g/mol. The monoisotopic (exact) mass is 564 g/mol. The highest BCUT2D eigenvalue weighted by atomic mass is 16.5. The molecule has 1 amide bonds. The molecule has 2 N–H and O–H groups in total. The van der Waals surface area contributed by atoms with Gasteiger partial charge in [0, 0.05) is 35.3 Å². The molecule has 4 rings (SSSR count). The van der Waals surface area contributed by atoms with E-state index in [1.165, 1.54) is 0 Å². The summed E-state index contributed by atoms with van der Waals surface area (Å²) < 4.78 is 5.94. The Labute approximate surface area is 246 Å². The van der Waals surface area contributed by atoms with E-state index in [1.807, 2.05) is 56.3 Å². The second-order valence-electron chi connectivity index (χ2n) is 10.1. The number of para-hydroxylation sites is 1. The molecule has 0 aromatic heterocycles. The van der Waals surface area contributed by atoms with Crippen LogP contribution in [-0.2, 0) is 16.0 Å². The molecule has 0 aliphatic heterocycles. The molecule has 0 fully saturated rings. The van der Waals surface area contributed by atoms with Crippen LogP contribution in [0.4, 0.5) is 11.4 Å². The molecule has 216 valence electrons. The van der Waals surface area contributed by atoms with Crippen molar-refractivity contribution < 1.29 is 24.2 Å². The number of carboxylic acid groups (broad SMARTS) is 1. The summed E-state index contributed by atoms with van der Waals surface area (Å²) in [5.74, 6) is -0.516. The third kappa shape index (κ3) is 8.07. The number of aliphatic carboxylic acids is 1. The minimum atomic E-state index is -1.02. The predicted octanol–water partition coefficient (Wildman–Crippen LogP) is 6.55. The second kappa shape index (κ2) is 14.6. The minimum Gasteiger partial charge on any atom is -0.492 e. The van der Waals surface area contributed by atoms with Gasteiger partial charge in [-0.15, -0.1) is 0 Å². The summed E-state index contributed by atoms with van der Waals surface area (Å²) in [7, 11) is 0. The molecule has 0 bridgehead atoms. The van der Waals surface area contributed by atoms with Crippen LogP contribution in [0.3, 0.4) is 0 Å². The van der Waals surface area contributed by atoms with Gasteiger partial charge >= 0.3 is 5.97 Å². The lowest BCUT2D eigenvalue weighted by Crippen LogP contribution is -2.34. The fourth-order valence-electron chi connectivity index (χ4n) is 4.69. The van der Waals surface area contributed by atoms with E-state index in [0.29, 0.717) is 42.1 Å². The van der Waals surface area contributed by atoms with Gasteiger partial charge in [-0.1, -0.05) is 73.7 Å². The van der Waals surface area contributed by atoms with Crippen molar-refractivity contribution in [2.45, 2.75) is 39.2 Å². The van der Waals surface area contributed by atoms with Crippen molar-refractivity contribution in [2.24, 2.45) is 0 Å². The molecule has 0 saturated carbocycles. The summed E-state index contributed by atoms with van der Waals surface area (Å²) in [6, 6.07) is 30.0. The highest BCUT2D eigenvalue weighted by Crippen LogP contribution is 2.22. The number of nitrogens with zero attached hydrogens (tertiary/aromatic N) is 1. The first kappa shape index (κ1) is 30.1. The fraction of sp³-hybridized carbons (Fsp3) is 0.229. The van der Waals surface area contributed by atoms with E-state index in [4.69, 9.17) is 4.74 Å². The molecule has 4 aromatic rings. The van der Waals surface area contributed by atoms with E-state index >= 15 is 0 Å². The summed E-state index contributed by atoms with van der Waals surface area (Å²) in [5, 5.41) is 13.0. The van der Waals surface area contributed by atoms with Crippen LogP contribution in [0, 0.1) is 6.92 Å². The van der Waals surface area contributed by atoms with Crippen molar-refractivity contribution in [3.05, 3.63) is 125 Å². The van der Waals surface area contributed by atoms with Crippen LogP contribution in [0.5, 0.6) is 5.75 Å². The number of carbonyl (C=O) groups excluding carboxylic acids is 2. The number of ketones is 1. The zero-order valence-corrected chi connectivity index (χ0v) is 24.0. The Balaban J connectivity index is 1.39. The van der Waals surface area contributed by atoms with Crippen molar-refractivity contribution in [2.75, 3.05) is 23.4 Å². The molecule has 7 nitrogen and oxygen atoms in total. The van der Waals surface area contributed by atoms with Gasteiger partial charge < -0.3 is 20.1 Å². The summed E-state index contributed by atoms with van der Waals surface area (Å²) in [6.45, 7) is 4.71. The van der Waals surface area contributed by atoms with Gasteiger partial charge in [0.25, 0.3) is 0 Å².